The van der Waals surface area contributed by atoms with E-state index in [0.717, 1.165) is 22.0 Å². The fourth-order valence-corrected chi connectivity index (χ4v) is 6.51. The average molecular weight is 533 g/mol. The van der Waals surface area contributed by atoms with Gasteiger partial charge in [0.2, 0.25) is 16.0 Å². The molecule has 0 aliphatic carbocycles. The zero-order valence-electron chi connectivity index (χ0n) is 20.2. The second-order valence-electron chi connectivity index (χ2n) is 9.18. The van der Waals surface area contributed by atoms with Gasteiger partial charge in [0.15, 0.2) is 11.5 Å². The second kappa shape index (κ2) is 9.41. The summed E-state index contributed by atoms with van der Waals surface area (Å²) in [4.78, 5) is 7.44. The second-order valence-corrected chi connectivity index (χ2v) is 11.6. The van der Waals surface area contributed by atoms with Gasteiger partial charge >= 0.3 is 0 Å². The zero-order chi connectivity index (χ0) is 25.6. The van der Waals surface area contributed by atoms with Crippen LogP contribution in [0.15, 0.2) is 77.7 Å². The van der Waals surface area contributed by atoms with Gasteiger partial charge in [-0.25, -0.2) is 17.8 Å². The molecule has 0 unspecified atom stereocenters. The van der Waals surface area contributed by atoms with Crippen LogP contribution >= 0.6 is 11.6 Å². The van der Waals surface area contributed by atoms with Gasteiger partial charge in [-0.05, 0) is 49.7 Å². The summed E-state index contributed by atoms with van der Waals surface area (Å²) in [6, 6.07) is 22.3. The Balaban J connectivity index is 1.45. The molecule has 0 amide bonds. The van der Waals surface area contributed by atoms with Gasteiger partial charge in [-0.1, -0.05) is 53.6 Å². The Labute approximate surface area is 220 Å². The van der Waals surface area contributed by atoms with Crippen LogP contribution < -0.4 is 4.90 Å². The van der Waals surface area contributed by atoms with Crippen molar-refractivity contribution < 1.29 is 8.42 Å². The molecule has 37 heavy (non-hydrogen) atoms. The summed E-state index contributed by atoms with van der Waals surface area (Å²) >= 11 is 6.31. The lowest BCUT2D eigenvalue weighted by atomic mass is 10.1. The number of sulfonamides is 1. The molecule has 1 fully saturated rings. The van der Waals surface area contributed by atoms with Gasteiger partial charge in [0.25, 0.3) is 0 Å². The van der Waals surface area contributed by atoms with Crippen molar-refractivity contribution in [3.63, 3.8) is 0 Å². The van der Waals surface area contributed by atoms with E-state index in [1.807, 2.05) is 53.8 Å². The van der Waals surface area contributed by atoms with E-state index in [2.05, 4.69) is 21.2 Å². The predicted molar refractivity (Wildman–Crippen MR) is 146 cm³/mol. The summed E-state index contributed by atoms with van der Waals surface area (Å²) in [5.74, 6) is 1.36. The van der Waals surface area contributed by atoms with E-state index < -0.39 is 10.0 Å². The van der Waals surface area contributed by atoms with Crippen LogP contribution in [0.1, 0.15) is 12.0 Å². The molecule has 1 aliphatic heterocycles. The Morgan fingerprint density at radius 1 is 0.865 bits per heavy atom. The minimum atomic E-state index is -3.58. The maximum atomic E-state index is 13.3. The lowest BCUT2D eigenvalue weighted by Gasteiger charge is -2.24. The fraction of sp³-hybridized carbons (Fsp3) is 0.222. The van der Waals surface area contributed by atoms with Gasteiger partial charge in [0.05, 0.1) is 10.4 Å². The number of aromatic nitrogens is 4. The van der Waals surface area contributed by atoms with E-state index in [1.54, 1.807) is 28.6 Å². The van der Waals surface area contributed by atoms with Crippen molar-refractivity contribution in [1.82, 2.24) is 23.9 Å². The molecule has 0 N–H and O–H groups in total. The highest BCUT2D eigenvalue weighted by molar-refractivity contribution is 7.89. The van der Waals surface area contributed by atoms with E-state index in [-0.39, 0.29) is 0 Å². The highest BCUT2D eigenvalue weighted by Gasteiger charge is 2.29. The van der Waals surface area contributed by atoms with Crippen LogP contribution in [0, 0.1) is 6.92 Å². The predicted octanol–water partition coefficient (Wildman–Crippen LogP) is 4.81. The molecule has 188 valence electrons. The van der Waals surface area contributed by atoms with Crippen LogP contribution in [0.4, 0.5) is 5.95 Å². The highest BCUT2D eigenvalue weighted by atomic mass is 35.5. The van der Waals surface area contributed by atoms with Crippen molar-refractivity contribution in [2.45, 2.75) is 18.2 Å². The van der Waals surface area contributed by atoms with Crippen LogP contribution in [0.3, 0.4) is 0 Å². The first-order valence-corrected chi connectivity index (χ1v) is 14.0. The van der Waals surface area contributed by atoms with Gasteiger partial charge in [0, 0.05) is 42.2 Å². The third-order valence-corrected chi connectivity index (χ3v) is 8.83. The smallest absolute Gasteiger partial charge is 0.243 e. The van der Waals surface area contributed by atoms with E-state index >= 15 is 0 Å². The highest BCUT2D eigenvalue weighted by Crippen LogP contribution is 2.31. The molecular weight excluding hydrogens is 508 g/mol. The molecule has 1 saturated heterocycles. The Morgan fingerprint density at radius 3 is 2.51 bits per heavy atom. The number of benzene rings is 3. The molecule has 10 heteroatoms. The molecule has 2 aromatic heterocycles. The molecular formula is C27H25ClN6O2S. The summed E-state index contributed by atoms with van der Waals surface area (Å²) in [7, 11) is -3.58. The van der Waals surface area contributed by atoms with Crippen molar-refractivity contribution >= 4 is 44.1 Å². The van der Waals surface area contributed by atoms with Gasteiger partial charge < -0.3 is 4.90 Å². The molecule has 0 bridgehead atoms. The first kappa shape index (κ1) is 23.8. The molecule has 0 saturated carbocycles. The maximum absolute atomic E-state index is 13.3. The minimum Gasteiger partial charge on any atom is -0.340 e. The third kappa shape index (κ3) is 4.33. The number of fused-ring (bicyclic) bond motifs is 3. The topological polar surface area (TPSA) is 83.7 Å². The fourth-order valence-electron chi connectivity index (χ4n) is 4.85. The third-order valence-electron chi connectivity index (χ3n) is 6.68. The SMILES string of the molecule is Cc1cccc(-c2nnc3c4ccc(Cl)cc4nc(N4CCCN(S(=O)(=O)c5ccccc5)CC4)n23)c1. The maximum Gasteiger partial charge on any atom is 0.243 e. The summed E-state index contributed by atoms with van der Waals surface area (Å²) < 4.78 is 30.1. The normalized spacial score (nSPS) is 15.4. The molecule has 5 aromatic rings. The van der Waals surface area contributed by atoms with Gasteiger partial charge in [0.1, 0.15) is 0 Å². The Morgan fingerprint density at radius 2 is 1.70 bits per heavy atom. The molecule has 0 radical (unpaired) electrons. The molecule has 1 aliphatic rings. The Hall–Kier alpha value is -3.53. The van der Waals surface area contributed by atoms with Crippen molar-refractivity contribution in [2.24, 2.45) is 0 Å². The Bertz CT molecular complexity index is 1720. The number of rotatable bonds is 4. The van der Waals surface area contributed by atoms with Crippen LogP contribution in [0.5, 0.6) is 0 Å². The van der Waals surface area contributed by atoms with E-state index in [0.29, 0.717) is 59.9 Å². The van der Waals surface area contributed by atoms with Crippen molar-refractivity contribution in [3.8, 4) is 11.4 Å². The summed E-state index contributed by atoms with van der Waals surface area (Å²) in [6.45, 7) is 3.94. The van der Waals surface area contributed by atoms with Crippen molar-refractivity contribution in [3.05, 3.63) is 83.4 Å². The monoisotopic (exact) mass is 532 g/mol. The Kier molecular flexibility index (Phi) is 6.06. The van der Waals surface area contributed by atoms with Crippen molar-refractivity contribution in [1.29, 1.82) is 0 Å². The lowest BCUT2D eigenvalue weighted by Crippen LogP contribution is -2.36. The number of hydrogen-bond donors (Lipinski definition) is 0. The van der Waals surface area contributed by atoms with Gasteiger partial charge in [-0.2, -0.15) is 4.31 Å². The lowest BCUT2D eigenvalue weighted by molar-refractivity contribution is 0.433. The summed E-state index contributed by atoms with van der Waals surface area (Å²) in [6.07, 6.45) is 0.657. The number of nitrogens with zero attached hydrogens (tertiary/aromatic N) is 6. The standard InChI is InChI=1S/C27H25ClN6O2S/c1-19-7-5-8-20(17-19)25-30-31-26-23-12-11-21(28)18-24(23)29-27(34(25)26)32-13-6-14-33(16-15-32)37(35,36)22-9-3-2-4-10-22/h2-5,7-12,17-18H,6,13-16H2,1H3. The average Bonchev–Trinajstić information content (AvgIpc) is 3.19. The molecule has 3 heterocycles. The molecule has 3 aromatic carbocycles. The number of aryl methyl sites for hydroxylation is 1. The van der Waals surface area contributed by atoms with Gasteiger partial charge in [-0.3, -0.25) is 0 Å². The quantitative estimate of drug-likeness (QED) is 0.330. The van der Waals surface area contributed by atoms with E-state index in [9.17, 15) is 8.42 Å². The van der Waals surface area contributed by atoms with Crippen LogP contribution in [0.2, 0.25) is 5.02 Å². The first-order valence-electron chi connectivity index (χ1n) is 12.1. The number of hydrogen-bond acceptors (Lipinski definition) is 6. The minimum absolute atomic E-state index is 0.310. The van der Waals surface area contributed by atoms with E-state index in [1.165, 1.54) is 0 Å². The van der Waals surface area contributed by atoms with Crippen LogP contribution in [0.25, 0.3) is 27.9 Å². The number of anilines is 1. The van der Waals surface area contributed by atoms with Crippen LogP contribution in [-0.4, -0.2) is 58.5 Å². The number of halogens is 1. The zero-order valence-corrected chi connectivity index (χ0v) is 21.8. The first-order chi connectivity index (χ1) is 17.9. The molecule has 0 spiro atoms. The van der Waals surface area contributed by atoms with Gasteiger partial charge in [-0.15, -0.1) is 10.2 Å². The summed E-state index contributed by atoms with van der Waals surface area (Å²) in [5.41, 5.74) is 3.46. The molecule has 0 atom stereocenters. The van der Waals surface area contributed by atoms with Crippen LogP contribution in [-0.2, 0) is 10.0 Å². The molecule has 8 nitrogen and oxygen atoms in total. The summed E-state index contributed by atoms with van der Waals surface area (Å²) in [5, 5.41) is 10.5. The molecule has 6 rings (SSSR count). The largest absolute Gasteiger partial charge is 0.340 e. The van der Waals surface area contributed by atoms with E-state index in [4.69, 9.17) is 16.6 Å². The van der Waals surface area contributed by atoms with Crippen molar-refractivity contribution in [2.75, 3.05) is 31.1 Å².